The maximum absolute atomic E-state index is 13.3. The Labute approximate surface area is 121 Å². The molecule has 2 rings (SSSR count). The molecule has 0 fully saturated rings. The molecule has 1 amide bonds. The number of rotatable bonds is 3. The summed E-state index contributed by atoms with van der Waals surface area (Å²) in [5, 5.41) is 11.4. The van der Waals surface area contributed by atoms with Gasteiger partial charge in [-0.05, 0) is 31.2 Å². The van der Waals surface area contributed by atoms with Gasteiger partial charge in [-0.1, -0.05) is 11.8 Å². The van der Waals surface area contributed by atoms with E-state index in [-0.39, 0.29) is 18.9 Å². The van der Waals surface area contributed by atoms with E-state index in [0.717, 1.165) is 0 Å². The van der Waals surface area contributed by atoms with Gasteiger partial charge in [0.2, 0.25) is 0 Å². The third-order valence-electron chi connectivity index (χ3n) is 2.79. The second kappa shape index (κ2) is 6.73. The fourth-order valence-electron chi connectivity index (χ4n) is 1.75. The number of furan rings is 1. The number of benzene rings is 1. The highest BCUT2D eigenvalue weighted by Gasteiger charge is 2.13. The molecule has 0 saturated heterocycles. The van der Waals surface area contributed by atoms with Gasteiger partial charge in [-0.2, -0.15) is 0 Å². The third-order valence-corrected chi connectivity index (χ3v) is 2.79. The summed E-state index contributed by atoms with van der Waals surface area (Å²) in [6.45, 7) is 1.61. The first-order valence-corrected chi connectivity index (χ1v) is 6.36. The van der Waals surface area contributed by atoms with Crippen LogP contribution in [0.25, 0.3) is 0 Å². The predicted octanol–water partition coefficient (Wildman–Crippen LogP) is 2.71. The molecule has 4 nitrogen and oxygen atoms in total. The van der Waals surface area contributed by atoms with Crippen molar-refractivity contribution in [2.24, 2.45) is 0 Å². The average Bonchev–Trinajstić information content (AvgIpc) is 2.88. The molecule has 0 aliphatic heterocycles. The van der Waals surface area contributed by atoms with Gasteiger partial charge in [0.1, 0.15) is 11.6 Å². The molecule has 5 heteroatoms. The predicted molar refractivity (Wildman–Crippen MR) is 76.4 cm³/mol. The van der Waals surface area contributed by atoms with Gasteiger partial charge < -0.3 is 14.8 Å². The Morgan fingerprint density at radius 3 is 2.90 bits per heavy atom. The van der Waals surface area contributed by atoms with E-state index < -0.39 is 5.82 Å². The zero-order valence-corrected chi connectivity index (χ0v) is 11.4. The first kappa shape index (κ1) is 14.8. The summed E-state index contributed by atoms with van der Waals surface area (Å²) in [7, 11) is 0. The van der Waals surface area contributed by atoms with Crippen molar-refractivity contribution >= 4 is 11.6 Å². The Balaban J connectivity index is 2.26. The molecule has 0 saturated carbocycles. The van der Waals surface area contributed by atoms with Gasteiger partial charge in [-0.3, -0.25) is 4.79 Å². The lowest BCUT2D eigenvalue weighted by atomic mass is 10.1. The summed E-state index contributed by atoms with van der Waals surface area (Å²) >= 11 is 0. The maximum atomic E-state index is 13.3. The monoisotopic (exact) mass is 287 g/mol. The number of halogens is 1. The molecule has 108 valence electrons. The van der Waals surface area contributed by atoms with E-state index in [1.807, 2.05) is 0 Å². The lowest BCUT2D eigenvalue weighted by Crippen LogP contribution is -2.13. The van der Waals surface area contributed by atoms with Crippen molar-refractivity contribution in [3.8, 4) is 11.8 Å². The Hall–Kier alpha value is -2.58. The highest BCUT2D eigenvalue weighted by atomic mass is 19.1. The van der Waals surface area contributed by atoms with Crippen LogP contribution in [0.3, 0.4) is 0 Å². The Bertz CT molecular complexity index is 710. The van der Waals surface area contributed by atoms with Gasteiger partial charge >= 0.3 is 0 Å². The zero-order valence-electron chi connectivity index (χ0n) is 11.4. The fraction of sp³-hybridized carbons (Fsp3) is 0.188. The standard InChI is InChI=1S/C16H14FNO3/c1-11-14(7-9-21-11)16(20)18-15-6-5-13(17)10-12(15)4-2-3-8-19/h5-7,9-10,19H,3,8H2,1H3,(H,18,20). The van der Waals surface area contributed by atoms with Gasteiger partial charge in [-0.25, -0.2) is 4.39 Å². The first-order chi connectivity index (χ1) is 10.1. The molecular formula is C16H14FNO3. The quantitative estimate of drug-likeness (QED) is 0.853. The zero-order chi connectivity index (χ0) is 15.2. The Morgan fingerprint density at radius 2 is 2.24 bits per heavy atom. The number of aliphatic hydroxyl groups excluding tert-OH is 1. The smallest absolute Gasteiger partial charge is 0.259 e. The SMILES string of the molecule is Cc1occc1C(=O)Nc1ccc(F)cc1C#CCCO. The van der Waals surface area contributed by atoms with Crippen LogP contribution in [0.4, 0.5) is 10.1 Å². The molecule has 0 bridgehead atoms. The summed E-state index contributed by atoms with van der Waals surface area (Å²) in [4.78, 5) is 12.1. The minimum atomic E-state index is -0.444. The van der Waals surface area contributed by atoms with Crippen LogP contribution in [0.5, 0.6) is 0 Å². The number of hydrogen-bond acceptors (Lipinski definition) is 3. The van der Waals surface area contributed by atoms with Gasteiger partial charge in [0.05, 0.1) is 29.7 Å². The number of anilines is 1. The van der Waals surface area contributed by atoms with E-state index in [1.54, 1.807) is 13.0 Å². The number of aryl methyl sites for hydroxylation is 1. The number of amides is 1. The van der Waals surface area contributed by atoms with Crippen molar-refractivity contribution in [1.29, 1.82) is 0 Å². The van der Waals surface area contributed by atoms with Crippen molar-refractivity contribution in [2.45, 2.75) is 13.3 Å². The number of aliphatic hydroxyl groups is 1. The molecule has 0 spiro atoms. The summed E-state index contributed by atoms with van der Waals surface area (Å²) < 4.78 is 18.4. The molecule has 1 heterocycles. The maximum Gasteiger partial charge on any atom is 0.259 e. The van der Waals surface area contributed by atoms with E-state index in [4.69, 9.17) is 9.52 Å². The summed E-state index contributed by atoms with van der Waals surface area (Å²) in [5.41, 5.74) is 1.18. The lowest BCUT2D eigenvalue weighted by Gasteiger charge is -2.07. The minimum absolute atomic E-state index is 0.0712. The van der Waals surface area contributed by atoms with E-state index in [1.165, 1.54) is 24.5 Å². The number of hydrogen-bond donors (Lipinski definition) is 2. The van der Waals surface area contributed by atoms with E-state index in [0.29, 0.717) is 22.6 Å². The highest BCUT2D eigenvalue weighted by Crippen LogP contribution is 2.18. The van der Waals surface area contributed by atoms with Crippen molar-refractivity contribution < 1.29 is 18.7 Å². The third kappa shape index (κ3) is 3.71. The fourth-order valence-corrected chi connectivity index (χ4v) is 1.75. The molecule has 2 aromatic rings. The molecule has 0 atom stereocenters. The van der Waals surface area contributed by atoms with Crippen molar-refractivity contribution in [2.75, 3.05) is 11.9 Å². The highest BCUT2D eigenvalue weighted by molar-refractivity contribution is 6.05. The van der Waals surface area contributed by atoms with Crippen molar-refractivity contribution in [3.63, 3.8) is 0 Å². The normalized spacial score (nSPS) is 9.86. The number of carbonyl (C=O) groups is 1. The van der Waals surface area contributed by atoms with Gasteiger partial charge in [0.15, 0.2) is 0 Å². The summed E-state index contributed by atoms with van der Waals surface area (Å²) in [6, 6.07) is 5.49. The molecular weight excluding hydrogens is 273 g/mol. The Kier molecular flexibility index (Phi) is 4.75. The number of carbonyl (C=O) groups excluding carboxylic acids is 1. The second-order valence-electron chi connectivity index (χ2n) is 4.31. The van der Waals surface area contributed by atoms with Crippen molar-refractivity contribution in [1.82, 2.24) is 0 Å². The molecule has 2 N–H and O–H groups in total. The van der Waals surface area contributed by atoms with Crippen LogP contribution in [0.15, 0.2) is 34.9 Å². The van der Waals surface area contributed by atoms with Gasteiger partial charge in [-0.15, -0.1) is 0 Å². The largest absolute Gasteiger partial charge is 0.469 e. The van der Waals surface area contributed by atoms with Crippen LogP contribution >= 0.6 is 0 Å². The van der Waals surface area contributed by atoms with E-state index in [2.05, 4.69) is 17.2 Å². The molecule has 1 aromatic carbocycles. The molecule has 1 aromatic heterocycles. The van der Waals surface area contributed by atoms with Crippen LogP contribution in [-0.4, -0.2) is 17.6 Å². The van der Waals surface area contributed by atoms with Crippen molar-refractivity contribution in [3.05, 3.63) is 53.2 Å². The molecule has 0 unspecified atom stereocenters. The topological polar surface area (TPSA) is 62.5 Å². The molecule has 0 radical (unpaired) electrons. The number of nitrogens with one attached hydrogen (secondary N) is 1. The van der Waals surface area contributed by atoms with E-state index >= 15 is 0 Å². The lowest BCUT2D eigenvalue weighted by molar-refractivity contribution is 0.102. The first-order valence-electron chi connectivity index (χ1n) is 6.36. The molecule has 0 aliphatic rings. The molecule has 21 heavy (non-hydrogen) atoms. The molecule has 0 aliphatic carbocycles. The van der Waals surface area contributed by atoms with Crippen LogP contribution < -0.4 is 5.32 Å². The Morgan fingerprint density at radius 1 is 1.43 bits per heavy atom. The second-order valence-corrected chi connectivity index (χ2v) is 4.31. The van der Waals surface area contributed by atoms with E-state index in [9.17, 15) is 9.18 Å². The van der Waals surface area contributed by atoms with Gasteiger partial charge in [0.25, 0.3) is 5.91 Å². The van der Waals surface area contributed by atoms with Crippen LogP contribution in [0.1, 0.15) is 28.1 Å². The summed E-state index contributed by atoms with van der Waals surface area (Å²) in [6.07, 6.45) is 1.71. The van der Waals surface area contributed by atoms with Crippen LogP contribution in [0.2, 0.25) is 0 Å². The minimum Gasteiger partial charge on any atom is -0.469 e. The van der Waals surface area contributed by atoms with Gasteiger partial charge in [0, 0.05) is 6.42 Å². The van der Waals surface area contributed by atoms with Crippen LogP contribution in [-0.2, 0) is 0 Å². The summed E-state index contributed by atoms with van der Waals surface area (Å²) in [5.74, 6) is 5.14. The van der Waals surface area contributed by atoms with Crippen LogP contribution in [0, 0.1) is 24.6 Å². The average molecular weight is 287 g/mol.